The molecule has 2 heterocycles. The molecule has 0 saturated carbocycles. The number of fused-ring (bicyclic) bond motifs is 1. The third-order valence-electron chi connectivity index (χ3n) is 3.19. The van der Waals surface area contributed by atoms with Crippen LogP contribution in [0.3, 0.4) is 0 Å². The number of anilines is 1. The molecule has 6 nitrogen and oxygen atoms in total. The summed E-state index contributed by atoms with van der Waals surface area (Å²) in [5.74, 6) is -4.17. The van der Waals surface area contributed by atoms with Gasteiger partial charge in [-0.1, -0.05) is 0 Å². The summed E-state index contributed by atoms with van der Waals surface area (Å²) in [6.07, 6.45) is -6.01. The minimum Gasteiger partial charge on any atom is -0.398 e. The van der Waals surface area contributed by atoms with E-state index >= 15 is 0 Å². The monoisotopic (exact) mass is 281 g/mol. The Balaban J connectivity index is 2.07. The smallest absolute Gasteiger partial charge is 0.255 e. The number of nitrogens with one attached hydrogen (secondary N) is 1. The van der Waals surface area contributed by atoms with Crippen molar-refractivity contribution in [2.24, 2.45) is 0 Å². The molecule has 1 aromatic rings. The summed E-state index contributed by atoms with van der Waals surface area (Å²) in [5, 5.41) is 1.73. The topological polar surface area (TPSA) is 92.5 Å². The van der Waals surface area contributed by atoms with Crippen molar-refractivity contribution in [1.82, 2.24) is 10.2 Å². The third-order valence-corrected chi connectivity index (χ3v) is 3.19. The molecule has 0 radical (unpaired) electrons. The van der Waals surface area contributed by atoms with Crippen LogP contribution in [0.5, 0.6) is 0 Å². The van der Waals surface area contributed by atoms with E-state index in [2.05, 4.69) is 0 Å². The van der Waals surface area contributed by atoms with Crippen LogP contribution in [-0.4, -0.2) is 28.7 Å². The van der Waals surface area contributed by atoms with Gasteiger partial charge >= 0.3 is 0 Å². The maximum Gasteiger partial charge on any atom is 0.255 e. The maximum atomic E-state index is 13.5. The van der Waals surface area contributed by atoms with E-state index in [4.69, 9.17) is 11.2 Å². The first kappa shape index (κ1) is 8.68. The van der Waals surface area contributed by atoms with Gasteiger partial charge in [-0.15, -0.1) is 0 Å². The lowest BCUT2D eigenvalue weighted by atomic mass is 10.0. The van der Waals surface area contributed by atoms with Gasteiger partial charge < -0.3 is 10.6 Å². The SMILES string of the molecule is [2H]C1([2H])C(=O)NC(=O)[C@H](N2Cc3c(N)cc(F)cc3C2=O)C1([2H])[2H]. The van der Waals surface area contributed by atoms with Crippen molar-refractivity contribution in [3.63, 3.8) is 0 Å². The summed E-state index contributed by atoms with van der Waals surface area (Å²) in [7, 11) is 0. The number of nitrogens with two attached hydrogens (primary N) is 1. The Morgan fingerprint density at radius 3 is 2.90 bits per heavy atom. The molecule has 1 saturated heterocycles. The van der Waals surface area contributed by atoms with Crippen LogP contribution in [0.2, 0.25) is 0 Å². The number of carbonyl (C=O) groups excluding carboxylic acids is 3. The molecular weight excluding hydrogens is 265 g/mol. The number of rotatable bonds is 1. The van der Waals surface area contributed by atoms with Gasteiger partial charge in [0.05, 0.1) is 0 Å². The number of carbonyl (C=O) groups is 3. The molecule has 3 N–H and O–H groups in total. The summed E-state index contributed by atoms with van der Waals surface area (Å²) in [6, 6.07) is 0.0190. The van der Waals surface area contributed by atoms with E-state index in [1.54, 1.807) is 5.32 Å². The number of amides is 3. The zero-order valence-electron chi connectivity index (χ0n) is 14.1. The molecule has 0 spiro atoms. The van der Waals surface area contributed by atoms with E-state index in [0.29, 0.717) is 0 Å². The molecule has 104 valence electrons. The largest absolute Gasteiger partial charge is 0.398 e. The molecule has 3 rings (SSSR count). The summed E-state index contributed by atoms with van der Waals surface area (Å²) in [6.45, 7) is -0.290. The van der Waals surface area contributed by atoms with Gasteiger partial charge in [-0.05, 0) is 18.5 Å². The molecule has 2 aliphatic heterocycles. The molecule has 20 heavy (non-hydrogen) atoms. The van der Waals surface area contributed by atoms with E-state index in [0.717, 1.165) is 17.0 Å². The predicted octanol–water partition coefficient (Wildman–Crippen LogP) is 0.169. The standard InChI is InChI=1S/C13H12FN3O3/c14-6-3-7-8(9(15)4-6)5-17(13(7)20)10-1-2-11(18)16-12(10)19/h3-4,10H,1-2,5,15H2,(H,16,18,19)/t10-/m1/s1/i1D2,2D2. The summed E-state index contributed by atoms with van der Waals surface area (Å²) < 4.78 is 44.5. The Morgan fingerprint density at radius 2 is 2.15 bits per heavy atom. The first-order valence-corrected chi connectivity index (χ1v) is 5.72. The lowest BCUT2D eigenvalue weighted by molar-refractivity contribution is -0.136. The van der Waals surface area contributed by atoms with Crippen LogP contribution < -0.4 is 11.1 Å². The Hall–Kier alpha value is -2.44. The first-order valence-electron chi connectivity index (χ1n) is 7.72. The lowest BCUT2D eigenvalue weighted by Gasteiger charge is -2.29. The van der Waals surface area contributed by atoms with E-state index in [1.165, 1.54) is 0 Å². The minimum absolute atomic E-state index is 0.0308. The van der Waals surface area contributed by atoms with E-state index in [1.807, 2.05) is 0 Å². The Kier molecular flexibility index (Phi) is 1.86. The Labute approximate surface area is 119 Å². The quantitative estimate of drug-likeness (QED) is 0.567. The van der Waals surface area contributed by atoms with E-state index in [-0.39, 0.29) is 23.4 Å². The average Bonchev–Trinajstić information content (AvgIpc) is 2.75. The van der Waals surface area contributed by atoms with Crippen molar-refractivity contribution in [2.45, 2.75) is 25.3 Å². The van der Waals surface area contributed by atoms with Crippen molar-refractivity contribution in [1.29, 1.82) is 0 Å². The molecule has 0 unspecified atom stereocenters. The van der Waals surface area contributed by atoms with E-state index < -0.39 is 42.3 Å². The van der Waals surface area contributed by atoms with Crippen molar-refractivity contribution < 1.29 is 24.3 Å². The molecule has 2 aliphatic rings. The fourth-order valence-electron chi connectivity index (χ4n) is 2.26. The zero-order chi connectivity index (χ0) is 18.0. The van der Waals surface area contributed by atoms with Crippen LogP contribution in [-0.2, 0) is 16.1 Å². The molecule has 7 heteroatoms. The zero-order valence-corrected chi connectivity index (χ0v) is 10.1. The van der Waals surface area contributed by atoms with Gasteiger partial charge in [0, 0.05) is 35.2 Å². The number of hydrogen-bond donors (Lipinski definition) is 2. The highest BCUT2D eigenvalue weighted by Gasteiger charge is 2.39. The Morgan fingerprint density at radius 1 is 1.40 bits per heavy atom. The second-order valence-corrected chi connectivity index (χ2v) is 4.44. The van der Waals surface area contributed by atoms with Gasteiger partial charge in [-0.2, -0.15) is 0 Å². The van der Waals surface area contributed by atoms with Crippen LogP contribution in [0, 0.1) is 5.82 Å². The molecule has 0 aromatic heterocycles. The van der Waals surface area contributed by atoms with Crippen LogP contribution in [0.15, 0.2) is 12.1 Å². The molecule has 1 fully saturated rings. The van der Waals surface area contributed by atoms with Gasteiger partial charge in [0.15, 0.2) is 0 Å². The highest BCUT2D eigenvalue weighted by molar-refractivity contribution is 6.06. The van der Waals surface area contributed by atoms with Crippen LogP contribution >= 0.6 is 0 Å². The lowest BCUT2D eigenvalue weighted by Crippen LogP contribution is -2.52. The molecular formula is C13H12FN3O3. The number of benzene rings is 1. The van der Waals surface area contributed by atoms with Crippen LogP contribution in [0.25, 0.3) is 0 Å². The van der Waals surface area contributed by atoms with Crippen LogP contribution in [0.1, 0.15) is 34.2 Å². The van der Waals surface area contributed by atoms with Gasteiger partial charge in [-0.25, -0.2) is 4.39 Å². The van der Waals surface area contributed by atoms with Crippen LogP contribution in [0.4, 0.5) is 10.1 Å². The van der Waals surface area contributed by atoms with Gasteiger partial charge in [-0.3, -0.25) is 19.7 Å². The maximum absolute atomic E-state index is 13.5. The number of imide groups is 1. The second kappa shape index (κ2) is 4.29. The summed E-state index contributed by atoms with van der Waals surface area (Å²) >= 11 is 0. The number of hydrogen-bond acceptors (Lipinski definition) is 4. The average molecular weight is 281 g/mol. The number of piperidine rings is 1. The number of nitrogen functional groups attached to an aromatic ring is 1. The van der Waals surface area contributed by atoms with Crippen molar-refractivity contribution in [3.05, 3.63) is 29.1 Å². The molecule has 1 atom stereocenters. The Bertz CT molecular complexity index is 799. The van der Waals surface area contributed by atoms with Crippen molar-refractivity contribution in [2.75, 3.05) is 5.73 Å². The number of nitrogens with zero attached hydrogens (tertiary/aromatic N) is 1. The molecule has 0 aliphatic carbocycles. The summed E-state index contributed by atoms with van der Waals surface area (Å²) in [5.41, 5.74) is 5.74. The van der Waals surface area contributed by atoms with Crippen molar-refractivity contribution >= 4 is 23.4 Å². The normalized spacial score (nSPS) is 29.9. The highest BCUT2D eigenvalue weighted by atomic mass is 19.1. The van der Waals surface area contributed by atoms with Gasteiger partial charge in [0.1, 0.15) is 11.9 Å². The third kappa shape index (κ3) is 1.82. The van der Waals surface area contributed by atoms with E-state index in [9.17, 15) is 18.8 Å². The highest BCUT2D eigenvalue weighted by Crippen LogP contribution is 2.31. The fourth-order valence-corrected chi connectivity index (χ4v) is 2.26. The number of halogens is 1. The molecule has 0 bridgehead atoms. The molecule has 1 aromatic carbocycles. The van der Waals surface area contributed by atoms with Gasteiger partial charge in [0.25, 0.3) is 5.91 Å². The molecule has 3 amide bonds. The van der Waals surface area contributed by atoms with Crippen molar-refractivity contribution in [3.8, 4) is 0 Å². The minimum atomic E-state index is -3.03. The predicted molar refractivity (Wildman–Crippen MR) is 66.9 cm³/mol. The fraction of sp³-hybridized carbons (Fsp3) is 0.308. The van der Waals surface area contributed by atoms with Gasteiger partial charge in [0.2, 0.25) is 11.8 Å². The second-order valence-electron chi connectivity index (χ2n) is 4.44. The summed E-state index contributed by atoms with van der Waals surface area (Å²) in [4.78, 5) is 36.9. The first-order chi connectivity index (χ1) is 11.0.